The molecule has 2 aromatic rings. The fourth-order valence-electron chi connectivity index (χ4n) is 2.28. The van der Waals surface area contributed by atoms with Crippen LogP contribution in [0.3, 0.4) is 0 Å². The lowest BCUT2D eigenvalue weighted by Crippen LogP contribution is -2.48. The summed E-state index contributed by atoms with van der Waals surface area (Å²) in [5, 5.41) is 7.87. The Bertz CT molecular complexity index is 916. The Morgan fingerprint density at radius 1 is 1.04 bits per heavy atom. The molecule has 0 aliphatic carbocycles. The molecule has 2 N–H and O–H groups in total. The number of rotatable bonds is 6. The summed E-state index contributed by atoms with van der Waals surface area (Å²) in [5.41, 5.74) is 3.17. The zero-order valence-electron chi connectivity index (χ0n) is 15.0. The first-order valence-electron chi connectivity index (χ1n) is 8.23. The van der Waals surface area contributed by atoms with E-state index in [4.69, 9.17) is 46.4 Å². The van der Waals surface area contributed by atoms with Crippen LogP contribution in [0, 0.1) is 5.92 Å². The standard InChI is InChI=1S/C19H17Cl4N3O2/c1-10(2)17(25-18(27)13-7-6-12(20)8-15(13)22)19(28)26-24-9-11-4-3-5-14(21)16(11)23/h3-10,17H,1-2H3,(H,25,27)(H,26,28). The van der Waals surface area contributed by atoms with Gasteiger partial charge in [-0.05, 0) is 30.2 Å². The second-order valence-corrected chi connectivity index (χ2v) is 7.83. The SMILES string of the molecule is CC(C)C(NC(=O)c1ccc(Cl)cc1Cl)C(=O)NN=Cc1cccc(Cl)c1Cl. The van der Waals surface area contributed by atoms with E-state index in [9.17, 15) is 9.59 Å². The number of benzene rings is 2. The van der Waals surface area contributed by atoms with Crippen molar-refractivity contribution in [2.75, 3.05) is 0 Å². The van der Waals surface area contributed by atoms with Crippen LogP contribution in [-0.4, -0.2) is 24.1 Å². The molecule has 5 nitrogen and oxygen atoms in total. The van der Waals surface area contributed by atoms with Gasteiger partial charge in [0, 0.05) is 10.6 Å². The van der Waals surface area contributed by atoms with Crippen molar-refractivity contribution < 1.29 is 9.59 Å². The molecule has 28 heavy (non-hydrogen) atoms. The van der Waals surface area contributed by atoms with Crippen LogP contribution < -0.4 is 10.7 Å². The number of carbonyl (C=O) groups is 2. The molecule has 2 amide bonds. The lowest BCUT2D eigenvalue weighted by molar-refractivity contribution is -0.123. The Labute approximate surface area is 183 Å². The largest absolute Gasteiger partial charge is 0.340 e. The molecular formula is C19H17Cl4N3O2. The van der Waals surface area contributed by atoms with Crippen LogP contribution in [0.25, 0.3) is 0 Å². The van der Waals surface area contributed by atoms with E-state index in [1.165, 1.54) is 18.3 Å². The van der Waals surface area contributed by atoms with Crippen LogP contribution in [0.4, 0.5) is 0 Å². The van der Waals surface area contributed by atoms with Gasteiger partial charge < -0.3 is 5.32 Å². The number of halogens is 4. The molecule has 0 heterocycles. The topological polar surface area (TPSA) is 70.6 Å². The summed E-state index contributed by atoms with van der Waals surface area (Å²) in [6, 6.07) is 8.73. The number of hydrogen-bond donors (Lipinski definition) is 2. The molecule has 0 aliphatic rings. The van der Waals surface area contributed by atoms with Crippen molar-refractivity contribution in [2.45, 2.75) is 19.9 Å². The molecule has 148 valence electrons. The van der Waals surface area contributed by atoms with E-state index in [1.807, 2.05) is 0 Å². The maximum Gasteiger partial charge on any atom is 0.262 e. The van der Waals surface area contributed by atoms with E-state index in [0.717, 1.165) is 0 Å². The third-order valence-electron chi connectivity index (χ3n) is 3.77. The Balaban J connectivity index is 2.08. The van der Waals surface area contributed by atoms with Crippen LogP contribution in [0.2, 0.25) is 20.1 Å². The van der Waals surface area contributed by atoms with E-state index in [0.29, 0.717) is 20.6 Å². The number of hydrogen-bond acceptors (Lipinski definition) is 3. The molecule has 1 unspecified atom stereocenters. The highest BCUT2D eigenvalue weighted by Crippen LogP contribution is 2.24. The van der Waals surface area contributed by atoms with Gasteiger partial charge in [-0.2, -0.15) is 5.10 Å². The number of nitrogens with one attached hydrogen (secondary N) is 2. The molecule has 0 aliphatic heterocycles. The summed E-state index contributed by atoms with van der Waals surface area (Å²) in [7, 11) is 0. The van der Waals surface area contributed by atoms with E-state index in [-0.39, 0.29) is 16.5 Å². The van der Waals surface area contributed by atoms with Gasteiger partial charge in [0.25, 0.3) is 11.8 Å². The van der Waals surface area contributed by atoms with Gasteiger partial charge in [-0.3, -0.25) is 9.59 Å². The third kappa shape index (κ3) is 5.85. The Kier molecular flexibility index (Phi) is 8.13. The third-order valence-corrected chi connectivity index (χ3v) is 5.15. The minimum atomic E-state index is -0.828. The molecule has 2 rings (SSSR count). The van der Waals surface area contributed by atoms with Crippen LogP contribution in [-0.2, 0) is 4.79 Å². The van der Waals surface area contributed by atoms with Crippen molar-refractivity contribution in [3.63, 3.8) is 0 Å². The normalized spacial score (nSPS) is 12.2. The molecule has 0 fully saturated rings. The van der Waals surface area contributed by atoms with Gasteiger partial charge >= 0.3 is 0 Å². The highest BCUT2D eigenvalue weighted by atomic mass is 35.5. The lowest BCUT2D eigenvalue weighted by Gasteiger charge is -2.20. The highest BCUT2D eigenvalue weighted by Gasteiger charge is 2.25. The zero-order chi connectivity index (χ0) is 20.8. The Morgan fingerprint density at radius 3 is 2.39 bits per heavy atom. The van der Waals surface area contributed by atoms with Crippen LogP contribution in [0.15, 0.2) is 41.5 Å². The number of nitrogens with zero attached hydrogens (tertiary/aromatic N) is 1. The van der Waals surface area contributed by atoms with Gasteiger partial charge in [-0.1, -0.05) is 72.4 Å². The Morgan fingerprint density at radius 2 is 1.75 bits per heavy atom. The van der Waals surface area contributed by atoms with Gasteiger partial charge in [-0.15, -0.1) is 0 Å². The lowest BCUT2D eigenvalue weighted by atomic mass is 10.0. The summed E-state index contributed by atoms with van der Waals surface area (Å²) < 4.78 is 0. The van der Waals surface area contributed by atoms with E-state index < -0.39 is 17.9 Å². The van der Waals surface area contributed by atoms with Gasteiger partial charge in [0.1, 0.15) is 6.04 Å². The molecule has 1 atom stereocenters. The van der Waals surface area contributed by atoms with E-state index in [2.05, 4.69) is 15.8 Å². The van der Waals surface area contributed by atoms with Crippen LogP contribution >= 0.6 is 46.4 Å². The van der Waals surface area contributed by atoms with Gasteiger partial charge in [-0.25, -0.2) is 5.43 Å². The van der Waals surface area contributed by atoms with E-state index in [1.54, 1.807) is 38.1 Å². The predicted molar refractivity (Wildman–Crippen MR) is 115 cm³/mol. The molecule has 0 bridgehead atoms. The van der Waals surface area contributed by atoms with Crippen molar-refractivity contribution in [1.29, 1.82) is 0 Å². The second-order valence-electron chi connectivity index (χ2n) is 6.20. The molecule has 0 saturated carbocycles. The molecule has 0 spiro atoms. The first-order chi connectivity index (χ1) is 13.2. The summed E-state index contributed by atoms with van der Waals surface area (Å²) in [6.07, 6.45) is 1.38. The van der Waals surface area contributed by atoms with Gasteiger partial charge in [0.15, 0.2) is 0 Å². The molecule has 9 heteroatoms. The maximum atomic E-state index is 12.5. The molecule has 0 radical (unpaired) electrons. The van der Waals surface area contributed by atoms with E-state index >= 15 is 0 Å². The van der Waals surface area contributed by atoms with Crippen molar-refractivity contribution in [2.24, 2.45) is 11.0 Å². The summed E-state index contributed by atoms with van der Waals surface area (Å²) >= 11 is 23.9. The van der Waals surface area contributed by atoms with Crippen molar-refractivity contribution >= 4 is 64.4 Å². The average Bonchev–Trinajstić information content (AvgIpc) is 2.62. The summed E-state index contributed by atoms with van der Waals surface area (Å²) in [5.74, 6) is -1.17. The number of carbonyl (C=O) groups excluding carboxylic acids is 2. The summed E-state index contributed by atoms with van der Waals surface area (Å²) in [6.45, 7) is 3.59. The molecule has 0 aromatic heterocycles. The van der Waals surface area contributed by atoms with Crippen molar-refractivity contribution in [1.82, 2.24) is 10.7 Å². The predicted octanol–water partition coefficient (Wildman–Crippen LogP) is 5.20. The number of hydrazone groups is 1. The smallest absolute Gasteiger partial charge is 0.262 e. The molecule has 2 aromatic carbocycles. The van der Waals surface area contributed by atoms with Gasteiger partial charge in [0.2, 0.25) is 0 Å². The zero-order valence-corrected chi connectivity index (χ0v) is 18.0. The minimum absolute atomic E-state index is 0.194. The van der Waals surface area contributed by atoms with Gasteiger partial charge in [0.05, 0.1) is 26.8 Å². The molecular weight excluding hydrogens is 444 g/mol. The number of amides is 2. The monoisotopic (exact) mass is 459 g/mol. The fraction of sp³-hybridized carbons (Fsp3) is 0.211. The highest BCUT2D eigenvalue weighted by molar-refractivity contribution is 6.43. The van der Waals surface area contributed by atoms with Crippen molar-refractivity contribution in [3.05, 3.63) is 67.6 Å². The van der Waals surface area contributed by atoms with Crippen molar-refractivity contribution in [3.8, 4) is 0 Å². The maximum absolute atomic E-state index is 12.5. The quantitative estimate of drug-likeness (QED) is 0.459. The van der Waals surface area contributed by atoms with Crippen LogP contribution in [0.5, 0.6) is 0 Å². The summed E-state index contributed by atoms with van der Waals surface area (Å²) in [4.78, 5) is 25.0. The minimum Gasteiger partial charge on any atom is -0.340 e. The Hall–Kier alpha value is -1.79. The fourth-order valence-corrected chi connectivity index (χ4v) is 3.13. The van der Waals surface area contributed by atoms with Crippen LogP contribution in [0.1, 0.15) is 29.8 Å². The molecule has 0 saturated heterocycles. The second kappa shape index (κ2) is 10.1. The first kappa shape index (κ1) is 22.5. The first-order valence-corrected chi connectivity index (χ1v) is 9.74. The average molecular weight is 461 g/mol.